The third-order valence-corrected chi connectivity index (χ3v) is 6.77. The van der Waals surface area contributed by atoms with Gasteiger partial charge in [0.25, 0.3) is 5.91 Å². The largest absolute Gasteiger partial charge is 0.421 e. The number of carbonyl (C=O) groups is 1. The van der Waals surface area contributed by atoms with Crippen LogP contribution in [0.4, 0.5) is 36.3 Å². The number of anilines is 4. The van der Waals surface area contributed by atoms with Gasteiger partial charge in [0.2, 0.25) is 16.0 Å². The van der Waals surface area contributed by atoms with Crippen LogP contribution in [0.3, 0.4) is 0 Å². The summed E-state index contributed by atoms with van der Waals surface area (Å²) in [6.45, 7) is 3.38. The van der Waals surface area contributed by atoms with E-state index in [4.69, 9.17) is 0 Å². The fraction of sp³-hybridized carbons (Fsp3) is 0.292. The van der Waals surface area contributed by atoms with Gasteiger partial charge in [-0.2, -0.15) is 18.2 Å². The number of hydrogen-bond donors (Lipinski definition) is 3. The number of alkyl halides is 3. The SMILES string of the molecule is CNC(=O)c1ccc(Nc2ncc(C(F)(F)F)c(NCc3ccc(C)cc3N(C)S(C)(=O)=O)n2)c(C)c1. The maximum absolute atomic E-state index is 13.7. The van der Waals surface area contributed by atoms with Crippen LogP contribution in [-0.2, 0) is 22.7 Å². The molecule has 0 fully saturated rings. The van der Waals surface area contributed by atoms with Crippen molar-refractivity contribution in [2.75, 3.05) is 35.3 Å². The van der Waals surface area contributed by atoms with Crippen molar-refractivity contribution in [3.63, 3.8) is 0 Å². The molecule has 0 aliphatic rings. The molecule has 0 spiro atoms. The van der Waals surface area contributed by atoms with Crippen molar-refractivity contribution in [2.24, 2.45) is 0 Å². The normalized spacial score (nSPS) is 11.7. The van der Waals surface area contributed by atoms with Gasteiger partial charge in [0.05, 0.1) is 11.9 Å². The van der Waals surface area contributed by atoms with Gasteiger partial charge in [-0.3, -0.25) is 9.10 Å². The van der Waals surface area contributed by atoms with E-state index in [2.05, 4.69) is 25.9 Å². The van der Waals surface area contributed by atoms with Crippen molar-refractivity contribution in [2.45, 2.75) is 26.6 Å². The van der Waals surface area contributed by atoms with Gasteiger partial charge in [0.15, 0.2) is 0 Å². The second kappa shape index (κ2) is 10.6. The van der Waals surface area contributed by atoms with Crippen molar-refractivity contribution in [1.29, 1.82) is 0 Å². The molecule has 3 aromatic rings. The van der Waals surface area contributed by atoms with E-state index < -0.39 is 27.6 Å². The van der Waals surface area contributed by atoms with Crippen LogP contribution in [0.15, 0.2) is 42.6 Å². The smallest absolute Gasteiger partial charge is 0.365 e. The first-order chi connectivity index (χ1) is 17.2. The van der Waals surface area contributed by atoms with Crippen molar-refractivity contribution < 1.29 is 26.4 Å². The summed E-state index contributed by atoms with van der Waals surface area (Å²) in [6, 6.07) is 9.81. The molecule has 3 rings (SSSR count). The lowest BCUT2D eigenvalue weighted by Crippen LogP contribution is -2.26. The molecule has 0 aliphatic carbocycles. The molecule has 0 aliphatic heterocycles. The van der Waals surface area contributed by atoms with E-state index in [0.717, 1.165) is 16.1 Å². The molecule has 2 aromatic carbocycles. The molecule has 9 nitrogen and oxygen atoms in total. The van der Waals surface area contributed by atoms with Crippen molar-refractivity contribution in [3.8, 4) is 0 Å². The Morgan fingerprint density at radius 3 is 2.41 bits per heavy atom. The molecule has 0 saturated carbocycles. The molecule has 1 aromatic heterocycles. The highest BCUT2D eigenvalue weighted by Crippen LogP contribution is 2.35. The lowest BCUT2D eigenvalue weighted by Gasteiger charge is -2.22. The molecule has 37 heavy (non-hydrogen) atoms. The van der Waals surface area contributed by atoms with Gasteiger partial charge >= 0.3 is 6.18 Å². The summed E-state index contributed by atoms with van der Waals surface area (Å²) in [7, 11) is -0.719. The summed E-state index contributed by atoms with van der Waals surface area (Å²) in [6.07, 6.45) is -3.02. The number of hydrogen-bond acceptors (Lipinski definition) is 7. The molecule has 1 heterocycles. The minimum Gasteiger partial charge on any atom is -0.365 e. The Hall–Kier alpha value is -3.87. The van der Waals surface area contributed by atoms with Gasteiger partial charge in [0.1, 0.15) is 11.4 Å². The van der Waals surface area contributed by atoms with Crippen molar-refractivity contribution in [1.82, 2.24) is 15.3 Å². The van der Waals surface area contributed by atoms with E-state index in [0.29, 0.717) is 34.3 Å². The first-order valence-electron chi connectivity index (χ1n) is 11.0. The molecule has 13 heteroatoms. The maximum atomic E-state index is 13.7. The molecule has 198 valence electrons. The number of halogens is 3. The van der Waals surface area contributed by atoms with E-state index in [-0.39, 0.29) is 18.4 Å². The molecular weight excluding hydrogens is 509 g/mol. The highest BCUT2D eigenvalue weighted by Gasteiger charge is 2.35. The van der Waals surface area contributed by atoms with E-state index in [1.165, 1.54) is 14.1 Å². The molecule has 0 bridgehead atoms. The Bertz CT molecular complexity index is 1430. The van der Waals surface area contributed by atoms with Crippen LogP contribution in [0.5, 0.6) is 0 Å². The lowest BCUT2D eigenvalue weighted by molar-refractivity contribution is -0.137. The number of benzene rings is 2. The van der Waals surface area contributed by atoms with Crippen molar-refractivity contribution >= 4 is 39.1 Å². The molecule has 0 saturated heterocycles. The topological polar surface area (TPSA) is 116 Å². The van der Waals surface area contributed by atoms with E-state index in [1.54, 1.807) is 50.2 Å². The summed E-state index contributed by atoms with van der Waals surface area (Å²) in [4.78, 5) is 19.7. The van der Waals surface area contributed by atoms with E-state index in [1.807, 2.05) is 0 Å². The number of aromatic nitrogens is 2. The highest BCUT2D eigenvalue weighted by molar-refractivity contribution is 7.92. The second-order valence-electron chi connectivity index (χ2n) is 8.40. The summed E-state index contributed by atoms with van der Waals surface area (Å²) in [5.41, 5.74) is 2.10. The second-order valence-corrected chi connectivity index (χ2v) is 10.4. The predicted molar refractivity (Wildman–Crippen MR) is 137 cm³/mol. The number of aryl methyl sites for hydroxylation is 2. The van der Waals surface area contributed by atoms with E-state index in [9.17, 15) is 26.4 Å². The Labute approximate surface area is 213 Å². The fourth-order valence-electron chi connectivity index (χ4n) is 3.47. The minimum atomic E-state index is -4.73. The Morgan fingerprint density at radius 2 is 1.81 bits per heavy atom. The zero-order valence-corrected chi connectivity index (χ0v) is 21.7. The van der Waals surface area contributed by atoms with Gasteiger partial charge < -0.3 is 16.0 Å². The first-order valence-corrected chi connectivity index (χ1v) is 12.9. The number of amides is 1. The van der Waals surface area contributed by atoms with Crippen molar-refractivity contribution in [3.05, 3.63) is 70.4 Å². The zero-order valence-electron chi connectivity index (χ0n) is 20.9. The summed E-state index contributed by atoms with van der Waals surface area (Å²) < 4.78 is 66.3. The Morgan fingerprint density at radius 1 is 1.11 bits per heavy atom. The average molecular weight is 537 g/mol. The highest BCUT2D eigenvalue weighted by atomic mass is 32.2. The minimum absolute atomic E-state index is 0.0938. The molecule has 3 N–H and O–H groups in total. The summed E-state index contributed by atoms with van der Waals surface area (Å²) in [5, 5.41) is 8.09. The third-order valence-electron chi connectivity index (χ3n) is 5.58. The standard InChI is InChI=1S/C24H27F3N6O3S/c1-14-6-7-17(20(10-14)33(4)37(5,35)36)12-29-21-18(24(25,26)27)13-30-23(32-21)31-19-9-8-16(11-15(19)2)22(34)28-3/h6-11,13H,12H2,1-5H3,(H,28,34)(H2,29,30,31,32). The number of rotatable bonds is 8. The van der Waals surface area contributed by atoms with Crippen LogP contribution in [0.25, 0.3) is 0 Å². The molecule has 0 atom stereocenters. The fourth-order valence-corrected chi connectivity index (χ4v) is 4.00. The van der Waals surface area contributed by atoms with Gasteiger partial charge in [-0.25, -0.2) is 13.4 Å². The molecule has 1 amide bonds. The average Bonchev–Trinajstić information content (AvgIpc) is 2.82. The van der Waals surface area contributed by atoms with Gasteiger partial charge in [0, 0.05) is 38.1 Å². The van der Waals surface area contributed by atoms with E-state index >= 15 is 0 Å². The van der Waals surface area contributed by atoms with Crippen LogP contribution in [0.1, 0.15) is 32.6 Å². The molecule has 0 radical (unpaired) electrons. The third kappa shape index (κ3) is 6.67. The zero-order chi connectivity index (χ0) is 27.5. The molecular formula is C24H27F3N6O3S. The Balaban J connectivity index is 1.94. The van der Waals surface area contributed by atoms with Crippen LogP contribution in [0.2, 0.25) is 0 Å². The molecule has 0 unspecified atom stereocenters. The predicted octanol–water partition coefficient (Wildman–Crippen LogP) is 4.22. The first kappa shape index (κ1) is 27.7. The van der Waals surface area contributed by atoms with Crippen LogP contribution < -0.4 is 20.3 Å². The number of sulfonamides is 1. The van der Waals surface area contributed by atoms with Crippen LogP contribution >= 0.6 is 0 Å². The van der Waals surface area contributed by atoms with Gasteiger partial charge in [-0.1, -0.05) is 12.1 Å². The Kier molecular flexibility index (Phi) is 7.96. The maximum Gasteiger partial charge on any atom is 0.421 e. The lowest BCUT2D eigenvalue weighted by atomic mass is 10.1. The van der Waals surface area contributed by atoms with Crippen LogP contribution in [-0.4, -0.2) is 44.6 Å². The number of nitrogens with one attached hydrogen (secondary N) is 3. The van der Waals surface area contributed by atoms with Crippen LogP contribution in [0, 0.1) is 13.8 Å². The van der Waals surface area contributed by atoms with Gasteiger partial charge in [-0.05, 0) is 54.8 Å². The summed E-state index contributed by atoms with van der Waals surface area (Å²) in [5.74, 6) is -0.842. The number of carbonyl (C=O) groups excluding carboxylic acids is 1. The number of nitrogens with zero attached hydrogens (tertiary/aromatic N) is 3. The summed E-state index contributed by atoms with van der Waals surface area (Å²) >= 11 is 0. The van der Waals surface area contributed by atoms with Gasteiger partial charge in [-0.15, -0.1) is 0 Å². The monoisotopic (exact) mass is 536 g/mol. The quantitative estimate of drug-likeness (QED) is 0.395.